The van der Waals surface area contributed by atoms with Crippen molar-refractivity contribution in [1.82, 2.24) is 14.9 Å². The van der Waals surface area contributed by atoms with Crippen LogP contribution in [0.4, 0.5) is 0 Å². The quantitative estimate of drug-likeness (QED) is 0.549. The molecule has 0 saturated heterocycles. The smallest absolute Gasteiger partial charge is 0.153 e. The van der Waals surface area contributed by atoms with Crippen molar-refractivity contribution in [2.24, 2.45) is 0 Å². The fraction of sp³-hybridized carbons (Fsp3) is 0.364. The summed E-state index contributed by atoms with van der Waals surface area (Å²) < 4.78 is 0. The van der Waals surface area contributed by atoms with Gasteiger partial charge in [0.15, 0.2) is 6.29 Å². The number of aldehydes is 1. The summed E-state index contributed by atoms with van der Waals surface area (Å²) in [7, 11) is 3.73. The minimum atomic E-state index is 0.564. The van der Waals surface area contributed by atoms with Gasteiger partial charge in [0.05, 0.1) is 11.3 Å². The third-order valence-electron chi connectivity index (χ3n) is 1.79. The van der Waals surface area contributed by atoms with Crippen LogP contribution in [0.1, 0.15) is 17.2 Å². The van der Waals surface area contributed by atoms with E-state index in [2.05, 4.69) is 9.97 Å². The third kappa shape index (κ3) is 3.16. The molecule has 1 aromatic rings. The lowest BCUT2D eigenvalue weighted by Gasteiger charge is -2.07. The third-order valence-corrected chi connectivity index (χ3v) is 1.79. The Balaban J connectivity index is 3.18. The minimum absolute atomic E-state index is 0.564. The lowest BCUT2D eigenvalue weighted by Crippen LogP contribution is -2.05. The molecule has 0 fully saturated rings. The summed E-state index contributed by atoms with van der Waals surface area (Å²) in [6.45, 7) is 3.70. The first kappa shape index (κ1) is 11.4. The van der Waals surface area contributed by atoms with Crippen molar-refractivity contribution in [3.8, 4) is 0 Å². The van der Waals surface area contributed by atoms with Gasteiger partial charge in [-0.05, 0) is 19.9 Å². The van der Waals surface area contributed by atoms with E-state index in [0.717, 1.165) is 12.0 Å². The molecule has 0 bridgehead atoms. The second-order valence-corrected chi connectivity index (χ2v) is 3.61. The molecule has 1 heterocycles. The van der Waals surface area contributed by atoms with E-state index in [1.165, 1.54) is 0 Å². The molecule has 0 unspecified atom stereocenters. The molecular formula is C11H15N3O. The van der Waals surface area contributed by atoms with Gasteiger partial charge in [0.1, 0.15) is 5.82 Å². The molecule has 1 rings (SSSR count). The normalized spacial score (nSPS) is 11.3. The zero-order chi connectivity index (χ0) is 11.4. The molecule has 0 amide bonds. The van der Waals surface area contributed by atoms with E-state index in [0.29, 0.717) is 17.1 Å². The van der Waals surface area contributed by atoms with Gasteiger partial charge in [-0.3, -0.25) is 4.79 Å². The summed E-state index contributed by atoms with van der Waals surface area (Å²) in [5, 5.41) is 0. The first-order valence-corrected chi connectivity index (χ1v) is 4.69. The van der Waals surface area contributed by atoms with E-state index in [9.17, 15) is 4.79 Å². The van der Waals surface area contributed by atoms with Crippen molar-refractivity contribution in [2.75, 3.05) is 14.1 Å². The van der Waals surface area contributed by atoms with Gasteiger partial charge in [0, 0.05) is 26.0 Å². The maximum Gasteiger partial charge on any atom is 0.153 e. The molecule has 0 atom stereocenters. The maximum atomic E-state index is 10.9. The van der Waals surface area contributed by atoms with E-state index in [1.807, 2.05) is 32.8 Å². The van der Waals surface area contributed by atoms with Crippen molar-refractivity contribution in [3.05, 3.63) is 29.5 Å². The van der Waals surface area contributed by atoms with Crippen molar-refractivity contribution in [2.45, 2.75) is 13.8 Å². The Morgan fingerprint density at radius 3 is 2.47 bits per heavy atom. The topological polar surface area (TPSA) is 46.1 Å². The van der Waals surface area contributed by atoms with Crippen molar-refractivity contribution in [1.29, 1.82) is 0 Å². The predicted molar refractivity (Wildman–Crippen MR) is 59.2 cm³/mol. The molecule has 1 aromatic heterocycles. The van der Waals surface area contributed by atoms with Gasteiger partial charge in [-0.25, -0.2) is 9.97 Å². The number of nitrogens with zero attached hydrogens (tertiary/aromatic N) is 3. The zero-order valence-electron chi connectivity index (χ0n) is 9.48. The van der Waals surface area contributed by atoms with Crippen LogP contribution in [0.2, 0.25) is 0 Å². The van der Waals surface area contributed by atoms with Crippen LogP contribution < -0.4 is 0 Å². The van der Waals surface area contributed by atoms with Gasteiger partial charge in [-0.1, -0.05) is 0 Å². The lowest BCUT2D eigenvalue weighted by molar-refractivity contribution is -0.103. The average molecular weight is 205 g/mol. The second kappa shape index (κ2) is 4.68. The highest BCUT2D eigenvalue weighted by molar-refractivity contribution is 6.05. The molecule has 0 radical (unpaired) electrons. The summed E-state index contributed by atoms with van der Waals surface area (Å²) in [5.74, 6) is 0.677. The van der Waals surface area contributed by atoms with Gasteiger partial charge >= 0.3 is 0 Å². The number of rotatable bonds is 3. The van der Waals surface area contributed by atoms with Crippen molar-refractivity contribution >= 4 is 11.9 Å². The van der Waals surface area contributed by atoms with Crippen LogP contribution in [0.15, 0.2) is 12.3 Å². The molecule has 80 valence electrons. The average Bonchev–Trinajstić information content (AvgIpc) is 2.12. The number of aromatic nitrogens is 2. The number of aryl methyl sites for hydroxylation is 2. The highest BCUT2D eigenvalue weighted by Gasteiger charge is 2.04. The van der Waals surface area contributed by atoms with E-state index < -0.39 is 0 Å². The number of allylic oxidation sites excluding steroid dienone is 1. The van der Waals surface area contributed by atoms with E-state index in [-0.39, 0.29) is 0 Å². The monoisotopic (exact) mass is 205 g/mol. The fourth-order valence-corrected chi connectivity index (χ4v) is 1.30. The first-order valence-electron chi connectivity index (χ1n) is 4.69. The Bertz CT molecular complexity index is 377. The van der Waals surface area contributed by atoms with E-state index >= 15 is 0 Å². The van der Waals surface area contributed by atoms with Gasteiger partial charge < -0.3 is 4.90 Å². The van der Waals surface area contributed by atoms with Crippen LogP contribution in [-0.2, 0) is 4.79 Å². The molecule has 0 spiro atoms. The largest absolute Gasteiger partial charge is 0.383 e. The molecular weight excluding hydrogens is 190 g/mol. The Labute approximate surface area is 89.7 Å². The zero-order valence-corrected chi connectivity index (χ0v) is 9.48. The van der Waals surface area contributed by atoms with Crippen molar-refractivity contribution < 1.29 is 4.79 Å². The second-order valence-electron chi connectivity index (χ2n) is 3.61. The molecule has 0 aromatic carbocycles. The highest BCUT2D eigenvalue weighted by Crippen LogP contribution is 2.10. The van der Waals surface area contributed by atoms with Crippen LogP contribution in [0.5, 0.6) is 0 Å². The van der Waals surface area contributed by atoms with Gasteiger partial charge in [0.25, 0.3) is 0 Å². The van der Waals surface area contributed by atoms with E-state index in [4.69, 9.17) is 0 Å². The van der Waals surface area contributed by atoms with Crippen LogP contribution >= 0.6 is 0 Å². The summed E-state index contributed by atoms with van der Waals surface area (Å²) >= 11 is 0. The number of hydrogen-bond donors (Lipinski definition) is 0. The van der Waals surface area contributed by atoms with Crippen LogP contribution in [0.25, 0.3) is 5.57 Å². The minimum Gasteiger partial charge on any atom is -0.383 e. The molecule has 15 heavy (non-hydrogen) atoms. The standard InChI is InChI=1S/C11H15N3O/c1-8-5-11(13-9(2)12-8)10(7-15)6-14(3)4/h5-7H,1-4H3. The number of carbonyl (C=O) groups is 1. The predicted octanol–water partition coefficient (Wildman–Crippen LogP) is 1.19. The van der Waals surface area contributed by atoms with Gasteiger partial charge in [0.2, 0.25) is 0 Å². The molecule has 0 aliphatic heterocycles. The summed E-state index contributed by atoms with van der Waals surface area (Å²) in [5.41, 5.74) is 2.10. The molecule has 0 aliphatic rings. The fourth-order valence-electron chi connectivity index (χ4n) is 1.30. The van der Waals surface area contributed by atoms with Crippen LogP contribution in [0.3, 0.4) is 0 Å². The molecule has 4 heteroatoms. The maximum absolute atomic E-state index is 10.9. The lowest BCUT2D eigenvalue weighted by atomic mass is 10.2. The van der Waals surface area contributed by atoms with Gasteiger partial charge in [-0.2, -0.15) is 0 Å². The SMILES string of the molecule is Cc1cc(C(C=O)=CN(C)C)nc(C)n1. The molecule has 0 aliphatic carbocycles. The Hall–Kier alpha value is -1.71. The Kier molecular flexibility index (Phi) is 3.55. The van der Waals surface area contributed by atoms with Gasteiger partial charge in [-0.15, -0.1) is 0 Å². The molecule has 0 saturated carbocycles. The Morgan fingerprint density at radius 1 is 1.33 bits per heavy atom. The van der Waals surface area contributed by atoms with E-state index in [1.54, 1.807) is 12.3 Å². The van der Waals surface area contributed by atoms with Crippen LogP contribution in [0, 0.1) is 13.8 Å². The first-order chi connectivity index (χ1) is 7.02. The number of carbonyl (C=O) groups excluding carboxylic acids is 1. The Morgan fingerprint density at radius 2 is 2.00 bits per heavy atom. The summed E-state index contributed by atoms with van der Waals surface area (Å²) in [6, 6.07) is 1.80. The summed E-state index contributed by atoms with van der Waals surface area (Å²) in [4.78, 5) is 21.1. The number of hydrogen-bond acceptors (Lipinski definition) is 4. The van der Waals surface area contributed by atoms with Crippen molar-refractivity contribution in [3.63, 3.8) is 0 Å². The molecule has 0 N–H and O–H groups in total. The highest BCUT2D eigenvalue weighted by atomic mass is 16.1. The molecule has 4 nitrogen and oxygen atoms in total. The summed E-state index contributed by atoms with van der Waals surface area (Å²) in [6.07, 6.45) is 2.55. The van der Waals surface area contributed by atoms with Crippen LogP contribution in [-0.4, -0.2) is 35.2 Å².